The number of hydrogen-bond acceptors (Lipinski definition) is 3. The van der Waals surface area contributed by atoms with Gasteiger partial charge in [-0.05, 0) is 39.5 Å². The van der Waals surface area contributed by atoms with Crippen LogP contribution in [0.5, 0.6) is 0 Å². The first-order valence-electron chi connectivity index (χ1n) is 6.02. The van der Waals surface area contributed by atoms with E-state index < -0.39 is 23.2 Å². The Balaban J connectivity index is 2.14. The zero-order valence-corrected chi connectivity index (χ0v) is 12.6. The fourth-order valence-electron chi connectivity index (χ4n) is 2.48. The normalized spacial score (nSPS) is 22.7. The molecule has 1 amide bonds. The van der Waals surface area contributed by atoms with Crippen LogP contribution in [0, 0.1) is 28.6 Å². The number of nitrogens with zero attached hydrogens (tertiary/aromatic N) is 1. The summed E-state index contributed by atoms with van der Waals surface area (Å²) >= 11 is 3.28. The summed E-state index contributed by atoms with van der Waals surface area (Å²) in [7, 11) is 0. The minimum absolute atomic E-state index is 0.312. The number of carboxylic acid groups (broad SMARTS) is 1. The van der Waals surface area contributed by atoms with Crippen LogP contribution in [0.4, 0.5) is 5.69 Å². The number of halogens is 1. The molecule has 20 heavy (non-hydrogen) atoms. The molecule has 1 saturated carbocycles. The molecule has 2 atom stereocenters. The van der Waals surface area contributed by atoms with Gasteiger partial charge >= 0.3 is 5.97 Å². The monoisotopic (exact) mass is 336 g/mol. The summed E-state index contributed by atoms with van der Waals surface area (Å²) in [5, 5.41) is 20.6. The first kappa shape index (κ1) is 14.5. The van der Waals surface area contributed by atoms with E-state index in [1.807, 2.05) is 6.07 Å². The van der Waals surface area contributed by atoms with Crippen molar-refractivity contribution in [1.29, 1.82) is 5.26 Å². The molecule has 104 valence electrons. The molecule has 6 heteroatoms. The molecule has 0 bridgehead atoms. The molecule has 0 aliphatic heterocycles. The molecule has 1 fully saturated rings. The molecule has 0 saturated heterocycles. The van der Waals surface area contributed by atoms with Crippen molar-refractivity contribution < 1.29 is 14.7 Å². The number of anilines is 1. The highest BCUT2D eigenvalue weighted by molar-refractivity contribution is 9.10. The van der Waals surface area contributed by atoms with Crippen molar-refractivity contribution in [2.24, 2.45) is 17.3 Å². The lowest BCUT2D eigenvalue weighted by Crippen LogP contribution is -2.18. The van der Waals surface area contributed by atoms with Crippen LogP contribution in [-0.2, 0) is 9.59 Å². The summed E-state index contributed by atoms with van der Waals surface area (Å²) in [6.07, 6.45) is 0. The van der Waals surface area contributed by atoms with E-state index in [0.717, 1.165) is 0 Å². The highest BCUT2D eigenvalue weighted by Gasteiger charge is 2.65. The number of rotatable bonds is 3. The van der Waals surface area contributed by atoms with Crippen molar-refractivity contribution in [2.45, 2.75) is 13.8 Å². The molecular weight excluding hydrogens is 324 g/mol. The molecule has 5 nitrogen and oxygen atoms in total. The van der Waals surface area contributed by atoms with E-state index in [4.69, 9.17) is 10.4 Å². The number of carboxylic acids is 1. The van der Waals surface area contributed by atoms with Gasteiger partial charge in [0.15, 0.2) is 0 Å². The summed E-state index contributed by atoms with van der Waals surface area (Å²) in [6, 6.07) is 6.80. The van der Waals surface area contributed by atoms with Crippen molar-refractivity contribution in [1.82, 2.24) is 0 Å². The summed E-state index contributed by atoms with van der Waals surface area (Å²) in [5.41, 5.74) is 0.473. The van der Waals surface area contributed by atoms with Crippen LogP contribution < -0.4 is 5.32 Å². The van der Waals surface area contributed by atoms with Crippen LogP contribution in [0.1, 0.15) is 19.4 Å². The first-order valence-corrected chi connectivity index (χ1v) is 6.81. The number of nitriles is 1. The smallest absolute Gasteiger partial charge is 0.307 e. The summed E-state index contributed by atoms with van der Waals surface area (Å²) in [4.78, 5) is 23.2. The Labute approximate surface area is 124 Å². The van der Waals surface area contributed by atoms with Gasteiger partial charge < -0.3 is 10.4 Å². The maximum atomic E-state index is 12.2. The maximum Gasteiger partial charge on any atom is 0.307 e. The summed E-state index contributed by atoms with van der Waals surface area (Å²) in [5.74, 6) is -2.45. The third-order valence-corrected chi connectivity index (χ3v) is 4.39. The Morgan fingerprint density at radius 2 is 2.05 bits per heavy atom. The van der Waals surface area contributed by atoms with Gasteiger partial charge in [-0.25, -0.2) is 0 Å². The van der Waals surface area contributed by atoms with Gasteiger partial charge in [0.05, 0.1) is 29.2 Å². The minimum Gasteiger partial charge on any atom is -0.481 e. The van der Waals surface area contributed by atoms with Gasteiger partial charge in [0.25, 0.3) is 0 Å². The zero-order valence-electron chi connectivity index (χ0n) is 11.0. The van der Waals surface area contributed by atoms with Crippen LogP contribution in [0.25, 0.3) is 0 Å². The topological polar surface area (TPSA) is 90.2 Å². The SMILES string of the molecule is CC1(C)C(C(=O)O)C1C(=O)Nc1ccc(C#N)cc1Br. The Bertz CT molecular complexity index is 634. The number of hydrogen-bond donors (Lipinski definition) is 2. The fraction of sp³-hybridized carbons (Fsp3) is 0.357. The van der Waals surface area contributed by atoms with Crippen LogP contribution in [0.3, 0.4) is 0 Å². The van der Waals surface area contributed by atoms with Gasteiger partial charge in [0.2, 0.25) is 5.91 Å². The predicted molar refractivity (Wildman–Crippen MR) is 75.9 cm³/mol. The zero-order chi connectivity index (χ0) is 15.1. The summed E-state index contributed by atoms with van der Waals surface area (Å²) in [6.45, 7) is 3.54. The summed E-state index contributed by atoms with van der Waals surface area (Å²) < 4.78 is 0.593. The number of amides is 1. The molecule has 1 aromatic carbocycles. The molecule has 2 unspecified atom stereocenters. The van der Waals surface area contributed by atoms with Crippen LogP contribution in [0.2, 0.25) is 0 Å². The Morgan fingerprint density at radius 3 is 2.50 bits per heavy atom. The third kappa shape index (κ3) is 2.41. The largest absolute Gasteiger partial charge is 0.481 e. The number of carbonyl (C=O) groups excluding carboxylic acids is 1. The van der Waals surface area contributed by atoms with Gasteiger partial charge in [-0.3, -0.25) is 9.59 Å². The highest BCUT2D eigenvalue weighted by Crippen LogP contribution is 2.58. The molecule has 2 rings (SSSR count). The van der Waals surface area contributed by atoms with E-state index in [9.17, 15) is 9.59 Å². The van der Waals surface area contributed by atoms with Gasteiger partial charge in [-0.15, -0.1) is 0 Å². The molecule has 1 aromatic rings. The van der Waals surface area contributed by atoms with E-state index in [-0.39, 0.29) is 5.91 Å². The van der Waals surface area contributed by atoms with E-state index in [2.05, 4.69) is 21.2 Å². The lowest BCUT2D eigenvalue weighted by molar-refractivity contribution is -0.140. The second-order valence-electron chi connectivity index (χ2n) is 5.41. The van der Waals surface area contributed by atoms with E-state index in [0.29, 0.717) is 15.7 Å². The lowest BCUT2D eigenvalue weighted by Gasteiger charge is -2.08. The molecular formula is C14H13BrN2O3. The Hall–Kier alpha value is -1.87. The van der Waals surface area contributed by atoms with E-state index in [1.165, 1.54) is 0 Å². The average Bonchev–Trinajstić information content (AvgIpc) is 2.95. The first-order chi connectivity index (χ1) is 9.28. The average molecular weight is 337 g/mol. The van der Waals surface area contributed by atoms with Crippen molar-refractivity contribution in [2.75, 3.05) is 5.32 Å². The number of aliphatic carboxylic acids is 1. The second-order valence-corrected chi connectivity index (χ2v) is 6.26. The number of carbonyl (C=O) groups is 2. The molecule has 0 heterocycles. The van der Waals surface area contributed by atoms with Crippen LogP contribution in [-0.4, -0.2) is 17.0 Å². The third-order valence-electron chi connectivity index (χ3n) is 3.73. The van der Waals surface area contributed by atoms with Crippen molar-refractivity contribution in [3.05, 3.63) is 28.2 Å². The quantitative estimate of drug-likeness (QED) is 0.887. The van der Waals surface area contributed by atoms with Crippen molar-refractivity contribution in [3.63, 3.8) is 0 Å². The number of benzene rings is 1. The van der Waals surface area contributed by atoms with Crippen molar-refractivity contribution >= 4 is 33.5 Å². The van der Waals surface area contributed by atoms with Gasteiger partial charge in [0, 0.05) is 4.47 Å². The van der Waals surface area contributed by atoms with Crippen LogP contribution in [0.15, 0.2) is 22.7 Å². The molecule has 1 aliphatic rings. The maximum absolute atomic E-state index is 12.2. The lowest BCUT2D eigenvalue weighted by atomic mass is 10.1. The second kappa shape index (κ2) is 4.91. The molecule has 0 radical (unpaired) electrons. The fourth-order valence-corrected chi connectivity index (χ4v) is 2.96. The standard InChI is InChI=1S/C14H13BrN2O3/c1-14(2)10(11(14)13(19)20)12(18)17-9-4-3-7(6-16)5-8(9)15/h3-5,10-11H,1-2H3,(H,17,18)(H,19,20). The van der Waals surface area contributed by atoms with E-state index >= 15 is 0 Å². The van der Waals surface area contributed by atoms with Crippen molar-refractivity contribution in [3.8, 4) is 6.07 Å². The van der Waals surface area contributed by atoms with Gasteiger partial charge in [-0.2, -0.15) is 5.26 Å². The molecule has 1 aliphatic carbocycles. The predicted octanol–water partition coefficient (Wildman–Crippen LogP) is 2.62. The van der Waals surface area contributed by atoms with Gasteiger partial charge in [-0.1, -0.05) is 13.8 Å². The highest BCUT2D eigenvalue weighted by atomic mass is 79.9. The van der Waals surface area contributed by atoms with Gasteiger partial charge in [0.1, 0.15) is 0 Å². The molecule has 2 N–H and O–H groups in total. The minimum atomic E-state index is -0.950. The Morgan fingerprint density at radius 1 is 1.40 bits per heavy atom. The molecule has 0 aromatic heterocycles. The number of nitrogens with one attached hydrogen (secondary N) is 1. The van der Waals surface area contributed by atoms with Crippen LogP contribution >= 0.6 is 15.9 Å². The molecule has 0 spiro atoms. The van der Waals surface area contributed by atoms with E-state index in [1.54, 1.807) is 32.0 Å². The Kier molecular flexibility index (Phi) is 3.57.